The fourth-order valence-electron chi connectivity index (χ4n) is 3.04. The van der Waals surface area contributed by atoms with E-state index in [9.17, 15) is 14.7 Å². The lowest BCUT2D eigenvalue weighted by molar-refractivity contribution is -0.149. The highest BCUT2D eigenvalue weighted by Crippen LogP contribution is 2.44. The molecule has 0 spiro atoms. The van der Waals surface area contributed by atoms with Crippen LogP contribution < -0.4 is 10.6 Å². The molecular weight excluding hydrogens is 256 g/mol. The highest BCUT2D eigenvalue weighted by atomic mass is 16.4. The first-order valence-corrected chi connectivity index (χ1v) is 7.64. The van der Waals surface area contributed by atoms with Gasteiger partial charge in [-0.05, 0) is 24.7 Å². The summed E-state index contributed by atoms with van der Waals surface area (Å²) in [5.41, 5.74) is -0.586. The summed E-state index contributed by atoms with van der Waals surface area (Å²) in [4.78, 5) is 23.5. The molecule has 0 aromatic rings. The van der Waals surface area contributed by atoms with Crippen LogP contribution in [-0.4, -0.2) is 29.7 Å². The summed E-state index contributed by atoms with van der Waals surface area (Å²) in [7, 11) is 0. The second-order valence-electron chi connectivity index (χ2n) is 7.07. The van der Waals surface area contributed by atoms with Crippen molar-refractivity contribution in [2.75, 3.05) is 6.54 Å². The zero-order valence-corrected chi connectivity index (χ0v) is 12.5. The number of nitrogens with one attached hydrogen (secondary N) is 2. The molecule has 2 amide bonds. The molecule has 3 N–H and O–H groups in total. The molecule has 2 rings (SSSR count). The van der Waals surface area contributed by atoms with Gasteiger partial charge in [0.05, 0.1) is 5.41 Å². The zero-order valence-electron chi connectivity index (χ0n) is 12.5. The number of hydrogen-bond donors (Lipinski definition) is 3. The van der Waals surface area contributed by atoms with Gasteiger partial charge in [0, 0.05) is 12.6 Å². The Labute approximate surface area is 120 Å². The lowest BCUT2D eigenvalue weighted by Gasteiger charge is -2.28. The van der Waals surface area contributed by atoms with Crippen molar-refractivity contribution in [3.63, 3.8) is 0 Å². The van der Waals surface area contributed by atoms with Crippen LogP contribution in [0.25, 0.3) is 0 Å². The minimum absolute atomic E-state index is 0.185. The topological polar surface area (TPSA) is 78.4 Å². The van der Waals surface area contributed by atoms with E-state index in [-0.39, 0.29) is 24.0 Å². The molecule has 2 aliphatic rings. The van der Waals surface area contributed by atoms with Crippen LogP contribution >= 0.6 is 0 Å². The molecule has 5 nitrogen and oxygen atoms in total. The lowest BCUT2D eigenvalue weighted by Crippen LogP contribution is -2.47. The summed E-state index contributed by atoms with van der Waals surface area (Å²) < 4.78 is 0. The van der Waals surface area contributed by atoms with Gasteiger partial charge in [-0.25, -0.2) is 4.79 Å². The molecule has 0 aromatic carbocycles. The Morgan fingerprint density at radius 1 is 1.15 bits per heavy atom. The van der Waals surface area contributed by atoms with Crippen molar-refractivity contribution in [1.82, 2.24) is 10.6 Å². The molecule has 0 aliphatic heterocycles. The number of carboxylic acid groups (broad SMARTS) is 1. The third kappa shape index (κ3) is 3.44. The number of hydrogen-bond acceptors (Lipinski definition) is 2. The number of rotatable bonds is 4. The van der Waals surface area contributed by atoms with Gasteiger partial charge in [-0.2, -0.15) is 0 Å². The van der Waals surface area contributed by atoms with Gasteiger partial charge in [-0.3, -0.25) is 4.79 Å². The molecule has 5 heteroatoms. The molecule has 2 aliphatic carbocycles. The molecular formula is C15H26N2O3. The van der Waals surface area contributed by atoms with Gasteiger partial charge >= 0.3 is 12.0 Å². The lowest BCUT2D eigenvalue weighted by atomic mass is 9.80. The molecule has 2 fully saturated rings. The van der Waals surface area contributed by atoms with Gasteiger partial charge in [0.1, 0.15) is 0 Å². The summed E-state index contributed by atoms with van der Waals surface area (Å²) in [6, 6.07) is -0.0112. The Hall–Kier alpha value is -1.26. The van der Waals surface area contributed by atoms with Crippen LogP contribution in [0.15, 0.2) is 0 Å². The third-order valence-electron chi connectivity index (χ3n) is 4.92. The van der Waals surface area contributed by atoms with Crippen molar-refractivity contribution in [3.05, 3.63) is 0 Å². The Morgan fingerprint density at radius 2 is 1.70 bits per heavy atom. The molecule has 1 atom stereocenters. The van der Waals surface area contributed by atoms with Crippen LogP contribution in [0.2, 0.25) is 0 Å². The first kappa shape index (κ1) is 15.1. The Kier molecular flexibility index (Phi) is 4.25. The van der Waals surface area contributed by atoms with Crippen LogP contribution in [0.5, 0.6) is 0 Å². The summed E-state index contributed by atoms with van der Waals surface area (Å²) in [5, 5.41) is 15.2. The minimum Gasteiger partial charge on any atom is -0.481 e. The predicted octanol–water partition coefficient (Wildman–Crippen LogP) is 2.51. The standard InChI is InChI=1S/C15H26N2O3/c1-14(2)9-11(14)17-13(20)16-10-15(12(18)19)7-5-3-4-6-8-15/h11H,3-10H2,1-2H3,(H,18,19)(H2,16,17,20). The number of carbonyl (C=O) groups is 2. The van der Waals surface area contributed by atoms with Gasteiger partial charge in [0.15, 0.2) is 0 Å². The van der Waals surface area contributed by atoms with Crippen LogP contribution in [0, 0.1) is 10.8 Å². The van der Waals surface area contributed by atoms with Crippen LogP contribution in [0.3, 0.4) is 0 Å². The largest absolute Gasteiger partial charge is 0.481 e. The normalized spacial score (nSPS) is 27.2. The number of amides is 2. The minimum atomic E-state index is -0.772. The molecule has 0 radical (unpaired) electrons. The molecule has 0 saturated heterocycles. The highest BCUT2D eigenvalue weighted by Gasteiger charge is 2.47. The summed E-state index contributed by atoms with van der Waals surface area (Å²) in [5.74, 6) is -0.772. The Balaban J connectivity index is 1.85. The molecule has 2 saturated carbocycles. The number of aliphatic carboxylic acids is 1. The van der Waals surface area contributed by atoms with Gasteiger partial charge < -0.3 is 15.7 Å². The molecule has 20 heavy (non-hydrogen) atoms. The fourth-order valence-corrected chi connectivity index (χ4v) is 3.04. The molecule has 0 heterocycles. The van der Waals surface area contributed by atoms with E-state index in [1.807, 2.05) is 0 Å². The maximum atomic E-state index is 11.9. The Bertz CT molecular complexity index is 385. The molecule has 114 valence electrons. The van der Waals surface area contributed by atoms with E-state index in [4.69, 9.17) is 0 Å². The summed E-state index contributed by atoms with van der Waals surface area (Å²) in [6.07, 6.45) is 6.38. The van der Waals surface area contributed by atoms with Crippen molar-refractivity contribution < 1.29 is 14.7 Å². The van der Waals surface area contributed by atoms with Gasteiger partial charge in [0.25, 0.3) is 0 Å². The van der Waals surface area contributed by atoms with E-state index in [1.54, 1.807) is 0 Å². The predicted molar refractivity (Wildman–Crippen MR) is 76.5 cm³/mol. The summed E-state index contributed by atoms with van der Waals surface area (Å²) in [6.45, 7) is 4.46. The number of carbonyl (C=O) groups excluding carboxylic acids is 1. The quantitative estimate of drug-likeness (QED) is 0.693. The molecule has 0 bridgehead atoms. The van der Waals surface area contributed by atoms with Crippen molar-refractivity contribution in [3.8, 4) is 0 Å². The van der Waals surface area contributed by atoms with E-state index in [0.29, 0.717) is 12.8 Å². The van der Waals surface area contributed by atoms with Crippen LogP contribution in [0.4, 0.5) is 4.79 Å². The SMILES string of the molecule is CC1(C)CC1NC(=O)NCC1(C(=O)O)CCCCCC1. The van der Waals surface area contributed by atoms with E-state index >= 15 is 0 Å². The number of urea groups is 1. The zero-order chi connectivity index (χ0) is 14.8. The average molecular weight is 282 g/mol. The third-order valence-corrected chi connectivity index (χ3v) is 4.92. The first-order chi connectivity index (χ1) is 9.36. The van der Waals surface area contributed by atoms with Gasteiger partial charge in [-0.15, -0.1) is 0 Å². The Morgan fingerprint density at radius 3 is 2.15 bits per heavy atom. The van der Waals surface area contributed by atoms with Crippen LogP contribution in [0.1, 0.15) is 58.8 Å². The average Bonchev–Trinajstić information content (AvgIpc) is 3.03. The van der Waals surface area contributed by atoms with Crippen LogP contribution in [-0.2, 0) is 4.79 Å². The monoisotopic (exact) mass is 282 g/mol. The van der Waals surface area contributed by atoms with Gasteiger partial charge in [0.2, 0.25) is 0 Å². The van der Waals surface area contributed by atoms with Crippen molar-refractivity contribution in [1.29, 1.82) is 0 Å². The van der Waals surface area contributed by atoms with E-state index < -0.39 is 11.4 Å². The van der Waals surface area contributed by atoms with Crippen molar-refractivity contribution in [2.24, 2.45) is 10.8 Å². The van der Waals surface area contributed by atoms with Gasteiger partial charge in [-0.1, -0.05) is 39.5 Å². The van der Waals surface area contributed by atoms with E-state index in [2.05, 4.69) is 24.5 Å². The maximum Gasteiger partial charge on any atom is 0.315 e. The second kappa shape index (κ2) is 5.62. The van der Waals surface area contributed by atoms with E-state index in [0.717, 1.165) is 32.1 Å². The molecule has 0 aromatic heterocycles. The van der Waals surface area contributed by atoms with E-state index in [1.165, 1.54) is 0 Å². The molecule has 1 unspecified atom stereocenters. The first-order valence-electron chi connectivity index (χ1n) is 7.64. The van der Waals surface area contributed by atoms with Crippen molar-refractivity contribution in [2.45, 2.75) is 64.8 Å². The maximum absolute atomic E-state index is 11.9. The highest BCUT2D eigenvalue weighted by molar-refractivity contribution is 5.78. The summed E-state index contributed by atoms with van der Waals surface area (Å²) >= 11 is 0. The smallest absolute Gasteiger partial charge is 0.315 e. The fraction of sp³-hybridized carbons (Fsp3) is 0.867. The van der Waals surface area contributed by atoms with Crippen molar-refractivity contribution >= 4 is 12.0 Å². The second-order valence-corrected chi connectivity index (χ2v) is 7.07. The number of carboxylic acids is 1.